The Labute approximate surface area is 207 Å². The van der Waals surface area contributed by atoms with E-state index in [1.54, 1.807) is 31.4 Å². The number of carbonyl (C=O) groups excluding carboxylic acids is 2. The molecule has 2 N–H and O–H groups in total. The molecule has 0 aliphatic heterocycles. The minimum atomic E-state index is -0.289. The lowest BCUT2D eigenvalue weighted by molar-refractivity contribution is -0.119. The molecular weight excluding hydrogens is 464 g/mol. The van der Waals surface area contributed by atoms with E-state index >= 15 is 0 Å². The summed E-state index contributed by atoms with van der Waals surface area (Å²) in [7, 11) is 1.60. The zero-order chi connectivity index (χ0) is 24.9. The minimum absolute atomic E-state index is 0.0930. The fraction of sp³-hybridized carbons (Fsp3) is 0.231. The van der Waals surface area contributed by atoms with Gasteiger partial charge in [0.1, 0.15) is 17.3 Å². The first-order valence-electron chi connectivity index (χ1n) is 11.1. The third-order valence-corrected chi connectivity index (χ3v) is 6.44. The Morgan fingerprint density at radius 2 is 1.77 bits per heavy atom. The zero-order valence-electron chi connectivity index (χ0n) is 19.9. The summed E-state index contributed by atoms with van der Waals surface area (Å²) in [5, 5.41) is 6.82. The van der Waals surface area contributed by atoms with Crippen LogP contribution in [0.1, 0.15) is 40.2 Å². The number of aryl methyl sites for hydroxylation is 2. The first-order valence-corrected chi connectivity index (χ1v) is 12.0. The highest BCUT2D eigenvalue weighted by Crippen LogP contribution is 2.31. The van der Waals surface area contributed by atoms with Crippen LogP contribution in [0.15, 0.2) is 64.2 Å². The highest BCUT2D eigenvalue weighted by atomic mass is 32.2. The molecule has 2 heterocycles. The molecule has 180 valence electrons. The molecule has 1 unspecified atom stereocenters. The SMILES string of the molecule is COc1ccccc1C(C)NC(=O)CSc1nc(NC(=O)c2ccccc2)c2c(C)c(C)oc2n1. The first-order chi connectivity index (χ1) is 16.9. The van der Waals surface area contributed by atoms with Crippen molar-refractivity contribution in [2.45, 2.75) is 32.0 Å². The summed E-state index contributed by atoms with van der Waals surface area (Å²) >= 11 is 1.17. The lowest BCUT2D eigenvalue weighted by Crippen LogP contribution is -2.28. The van der Waals surface area contributed by atoms with Crippen molar-refractivity contribution in [3.63, 3.8) is 0 Å². The molecule has 9 heteroatoms. The lowest BCUT2D eigenvalue weighted by atomic mass is 10.1. The summed E-state index contributed by atoms with van der Waals surface area (Å²) in [4.78, 5) is 34.4. The molecule has 2 amide bonds. The molecule has 0 radical (unpaired) electrons. The molecule has 1 atom stereocenters. The molecule has 0 aliphatic rings. The monoisotopic (exact) mass is 490 g/mol. The maximum atomic E-state index is 12.8. The Bertz CT molecular complexity index is 1370. The highest BCUT2D eigenvalue weighted by molar-refractivity contribution is 7.99. The first kappa shape index (κ1) is 24.3. The van der Waals surface area contributed by atoms with Crippen LogP contribution in [-0.2, 0) is 4.79 Å². The Hall–Kier alpha value is -3.85. The summed E-state index contributed by atoms with van der Waals surface area (Å²) in [6.45, 7) is 5.62. The van der Waals surface area contributed by atoms with Crippen LogP contribution in [0.5, 0.6) is 5.75 Å². The van der Waals surface area contributed by atoms with Crippen molar-refractivity contribution in [1.29, 1.82) is 0 Å². The number of nitrogens with one attached hydrogen (secondary N) is 2. The quantitative estimate of drug-likeness (QED) is 0.262. The maximum absolute atomic E-state index is 12.8. The fourth-order valence-electron chi connectivity index (χ4n) is 3.67. The summed E-state index contributed by atoms with van der Waals surface area (Å²) in [5.41, 5.74) is 2.61. The number of hydrogen-bond acceptors (Lipinski definition) is 7. The second kappa shape index (κ2) is 10.6. The van der Waals surface area contributed by atoms with Crippen LogP contribution in [-0.4, -0.2) is 34.6 Å². The molecule has 4 aromatic rings. The molecule has 0 bridgehead atoms. The van der Waals surface area contributed by atoms with Crippen molar-refractivity contribution < 1.29 is 18.7 Å². The predicted octanol–water partition coefficient (Wildman–Crippen LogP) is 5.07. The molecule has 0 saturated carbocycles. The predicted molar refractivity (Wildman–Crippen MR) is 136 cm³/mol. The fourth-order valence-corrected chi connectivity index (χ4v) is 4.32. The molecular formula is C26H26N4O4S. The van der Waals surface area contributed by atoms with E-state index in [1.165, 1.54) is 11.8 Å². The molecule has 0 saturated heterocycles. The van der Waals surface area contributed by atoms with Crippen LogP contribution in [0.4, 0.5) is 5.82 Å². The second-order valence-corrected chi connectivity index (χ2v) is 8.90. The van der Waals surface area contributed by atoms with E-state index in [-0.39, 0.29) is 23.6 Å². The number of fused-ring (bicyclic) bond motifs is 1. The van der Waals surface area contributed by atoms with Gasteiger partial charge < -0.3 is 19.8 Å². The number of thioether (sulfide) groups is 1. The van der Waals surface area contributed by atoms with E-state index in [0.29, 0.717) is 39.1 Å². The van der Waals surface area contributed by atoms with Gasteiger partial charge in [-0.2, -0.15) is 4.98 Å². The molecule has 4 rings (SSSR count). The average molecular weight is 491 g/mol. The van der Waals surface area contributed by atoms with Crippen LogP contribution in [0.25, 0.3) is 11.1 Å². The zero-order valence-corrected chi connectivity index (χ0v) is 20.7. The second-order valence-electron chi connectivity index (χ2n) is 7.96. The average Bonchev–Trinajstić information content (AvgIpc) is 3.16. The molecule has 2 aromatic carbocycles. The molecule has 35 heavy (non-hydrogen) atoms. The molecule has 2 aromatic heterocycles. The highest BCUT2D eigenvalue weighted by Gasteiger charge is 2.20. The molecule has 8 nitrogen and oxygen atoms in total. The standard InChI is InChI=1S/C26H26N4O4S/c1-15-17(3)34-25-22(15)23(28-24(32)18-10-6-5-7-11-18)29-26(30-25)35-14-21(31)27-16(2)19-12-8-9-13-20(19)33-4/h5-13,16H,14H2,1-4H3,(H,27,31)(H,28,29,30,32). The van der Waals surface area contributed by atoms with E-state index in [0.717, 1.165) is 11.1 Å². The Morgan fingerprint density at radius 1 is 1.06 bits per heavy atom. The molecule has 0 spiro atoms. The largest absolute Gasteiger partial charge is 0.496 e. The van der Waals surface area contributed by atoms with Gasteiger partial charge in [-0.05, 0) is 39.0 Å². The van der Waals surface area contributed by atoms with Crippen LogP contribution >= 0.6 is 11.8 Å². The number of hydrogen-bond donors (Lipinski definition) is 2. The number of anilines is 1. The van der Waals surface area contributed by atoms with Gasteiger partial charge in [0, 0.05) is 16.7 Å². The van der Waals surface area contributed by atoms with Crippen LogP contribution in [0.3, 0.4) is 0 Å². The van der Waals surface area contributed by atoms with Gasteiger partial charge in [-0.3, -0.25) is 9.59 Å². The number of ether oxygens (including phenoxy) is 1. The topological polar surface area (TPSA) is 106 Å². The van der Waals surface area contributed by atoms with E-state index < -0.39 is 0 Å². The van der Waals surface area contributed by atoms with Gasteiger partial charge in [0.05, 0.1) is 24.3 Å². The van der Waals surface area contributed by atoms with Gasteiger partial charge in [-0.1, -0.05) is 48.2 Å². The number of nitrogens with zero attached hydrogens (tertiary/aromatic N) is 2. The van der Waals surface area contributed by atoms with Crippen LogP contribution in [0, 0.1) is 13.8 Å². The lowest BCUT2D eigenvalue weighted by Gasteiger charge is -2.17. The molecule has 0 aliphatic carbocycles. The van der Waals surface area contributed by atoms with E-state index in [4.69, 9.17) is 9.15 Å². The van der Waals surface area contributed by atoms with E-state index in [2.05, 4.69) is 20.6 Å². The Morgan fingerprint density at radius 3 is 2.51 bits per heavy atom. The van der Waals surface area contributed by atoms with Gasteiger partial charge in [-0.15, -0.1) is 0 Å². The number of amides is 2. The van der Waals surface area contributed by atoms with Crippen molar-refractivity contribution in [1.82, 2.24) is 15.3 Å². The number of methoxy groups -OCH3 is 1. The third kappa shape index (κ3) is 5.46. The van der Waals surface area contributed by atoms with E-state index in [1.807, 2.05) is 51.1 Å². The number of furan rings is 1. The number of para-hydroxylation sites is 1. The summed E-state index contributed by atoms with van der Waals surface area (Å²) in [6.07, 6.45) is 0. The number of rotatable bonds is 8. The summed E-state index contributed by atoms with van der Waals surface area (Å²) in [6, 6.07) is 16.2. The Kier molecular flexibility index (Phi) is 7.36. The van der Waals surface area contributed by atoms with Crippen molar-refractivity contribution in [3.05, 3.63) is 77.0 Å². The number of benzene rings is 2. The van der Waals surface area contributed by atoms with Gasteiger partial charge in [0.25, 0.3) is 5.91 Å². The van der Waals surface area contributed by atoms with Crippen molar-refractivity contribution in [3.8, 4) is 5.75 Å². The number of carbonyl (C=O) groups is 2. The minimum Gasteiger partial charge on any atom is -0.496 e. The van der Waals surface area contributed by atoms with Crippen molar-refractivity contribution >= 4 is 40.5 Å². The van der Waals surface area contributed by atoms with Gasteiger partial charge in [-0.25, -0.2) is 4.98 Å². The molecule has 0 fully saturated rings. The van der Waals surface area contributed by atoms with Crippen LogP contribution in [0.2, 0.25) is 0 Å². The van der Waals surface area contributed by atoms with Crippen LogP contribution < -0.4 is 15.4 Å². The smallest absolute Gasteiger partial charge is 0.256 e. The Balaban J connectivity index is 1.51. The van der Waals surface area contributed by atoms with Gasteiger partial charge in [0.2, 0.25) is 11.6 Å². The normalized spacial score (nSPS) is 11.8. The summed E-state index contributed by atoms with van der Waals surface area (Å²) < 4.78 is 11.2. The summed E-state index contributed by atoms with van der Waals surface area (Å²) in [5.74, 6) is 1.38. The number of aromatic nitrogens is 2. The van der Waals surface area contributed by atoms with E-state index in [9.17, 15) is 9.59 Å². The maximum Gasteiger partial charge on any atom is 0.256 e. The third-order valence-electron chi connectivity index (χ3n) is 5.59. The van der Waals surface area contributed by atoms with Gasteiger partial charge in [0.15, 0.2) is 5.16 Å². The van der Waals surface area contributed by atoms with Crippen molar-refractivity contribution in [2.75, 3.05) is 18.2 Å². The van der Waals surface area contributed by atoms with Crippen molar-refractivity contribution in [2.24, 2.45) is 0 Å². The van der Waals surface area contributed by atoms with Gasteiger partial charge >= 0.3 is 0 Å².